The maximum absolute atomic E-state index is 12.6. The van der Waals surface area contributed by atoms with Crippen molar-refractivity contribution in [3.05, 3.63) is 86.5 Å². The molecule has 2 aromatic carbocycles. The molecule has 0 aliphatic carbocycles. The van der Waals surface area contributed by atoms with E-state index < -0.39 is 15.8 Å². The van der Waals surface area contributed by atoms with Gasteiger partial charge in [-0.05, 0) is 56.4 Å². The number of benzene rings is 2. The first-order valence-corrected chi connectivity index (χ1v) is 14.4. The summed E-state index contributed by atoms with van der Waals surface area (Å²) in [6.07, 6.45) is 15.6. The van der Waals surface area contributed by atoms with E-state index in [4.69, 9.17) is 9.47 Å². The zero-order valence-corrected chi connectivity index (χ0v) is 23.7. The topological polar surface area (TPSA) is 139 Å². The minimum atomic E-state index is -0.503. The van der Waals surface area contributed by atoms with Gasteiger partial charge in [-0.25, -0.2) is 4.79 Å². The van der Waals surface area contributed by atoms with Crippen LogP contribution in [0.25, 0.3) is 0 Å². The van der Waals surface area contributed by atoms with Gasteiger partial charge in [-0.3, -0.25) is 25.0 Å². The lowest BCUT2D eigenvalue weighted by Crippen LogP contribution is -2.18. The molecule has 0 N–H and O–H groups in total. The maximum atomic E-state index is 12.6. The molecule has 0 aromatic heterocycles. The van der Waals surface area contributed by atoms with Gasteiger partial charge in [-0.2, -0.15) is 0 Å². The van der Waals surface area contributed by atoms with Crippen LogP contribution >= 0.6 is 0 Å². The highest BCUT2D eigenvalue weighted by molar-refractivity contribution is 5.89. The van der Waals surface area contributed by atoms with Crippen molar-refractivity contribution in [1.29, 1.82) is 0 Å². The van der Waals surface area contributed by atoms with Gasteiger partial charge in [0.05, 0.1) is 15.4 Å². The Hall–Kier alpha value is -4.08. The van der Waals surface area contributed by atoms with Crippen molar-refractivity contribution in [1.82, 2.24) is 0 Å². The van der Waals surface area contributed by atoms with E-state index in [9.17, 15) is 29.8 Å². The first kappa shape index (κ1) is 33.1. The fourth-order valence-corrected chi connectivity index (χ4v) is 4.21. The molecule has 0 unspecified atom stereocenters. The van der Waals surface area contributed by atoms with Crippen LogP contribution in [-0.2, 0) is 9.53 Å². The Morgan fingerprint density at radius 3 is 2.00 bits per heavy atom. The lowest BCUT2D eigenvalue weighted by atomic mass is 10.1. The molecule has 222 valence electrons. The number of hydrogen-bond acceptors (Lipinski definition) is 8. The maximum Gasteiger partial charge on any atom is 0.338 e. The fraction of sp³-hybridized carbons (Fsp3) is 0.484. The summed E-state index contributed by atoms with van der Waals surface area (Å²) in [7, 11) is 0. The highest BCUT2D eigenvalue weighted by atomic mass is 16.6. The smallest absolute Gasteiger partial charge is 0.338 e. The quantitative estimate of drug-likeness (QED) is 0.0388. The van der Waals surface area contributed by atoms with Crippen molar-refractivity contribution in [2.75, 3.05) is 0 Å². The van der Waals surface area contributed by atoms with E-state index >= 15 is 0 Å². The summed E-state index contributed by atoms with van der Waals surface area (Å²) in [5, 5.41) is 21.5. The number of nitro benzene ring substituents is 2. The average Bonchev–Trinajstić information content (AvgIpc) is 2.96. The second-order valence-corrected chi connectivity index (χ2v) is 9.92. The van der Waals surface area contributed by atoms with E-state index in [0.717, 1.165) is 70.6 Å². The van der Waals surface area contributed by atoms with Crippen LogP contribution in [0.1, 0.15) is 101 Å². The number of nitro groups is 2. The molecule has 2 aromatic rings. The van der Waals surface area contributed by atoms with E-state index in [-0.39, 0.29) is 23.4 Å². The Kier molecular flexibility index (Phi) is 15.4. The molecular weight excluding hydrogens is 528 g/mol. The summed E-state index contributed by atoms with van der Waals surface area (Å²) in [4.78, 5) is 45.1. The molecule has 0 saturated carbocycles. The van der Waals surface area contributed by atoms with E-state index in [2.05, 4.69) is 19.1 Å². The lowest BCUT2D eigenvalue weighted by Gasteiger charge is -2.16. The van der Waals surface area contributed by atoms with Crippen molar-refractivity contribution in [2.24, 2.45) is 0 Å². The van der Waals surface area contributed by atoms with Gasteiger partial charge in [0.15, 0.2) is 0 Å². The first-order chi connectivity index (χ1) is 19.8. The Morgan fingerprint density at radius 1 is 0.780 bits per heavy atom. The normalized spacial score (nSPS) is 11.7. The largest absolute Gasteiger partial charge is 0.458 e. The molecule has 0 fully saturated rings. The lowest BCUT2D eigenvalue weighted by molar-refractivity contribution is -0.385. The van der Waals surface area contributed by atoms with Crippen LogP contribution in [0, 0.1) is 20.2 Å². The molecule has 10 nitrogen and oxygen atoms in total. The van der Waals surface area contributed by atoms with Crippen molar-refractivity contribution < 1.29 is 28.9 Å². The molecule has 0 aliphatic rings. The molecule has 0 bridgehead atoms. The molecule has 0 heterocycles. The number of non-ortho nitro benzene ring substituents is 2. The van der Waals surface area contributed by atoms with Gasteiger partial charge in [-0.15, -0.1) is 0 Å². The van der Waals surface area contributed by atoms with Gasteiger partial charge >= 0.3 is 11.9 Å². The second kappa shape index (κ2) is 19.1. The number of unbranched alkanes of at least 4 members (excludes halogenated alkanes) is 8. The van der Waals surface area contributed by atoms with Crippen LogP contribution in [0.4, 0.5) is 11.4 Å². The third kappa shape index (κ3) is 13.7. The van der Waals surface area contributed by atoms with Gasteiger partial charge in [0.2, 0.25) is 0 Å². The third-order valence-electron chi connectivity index (χ3n) is 6.56. The Labute approximate surface area is 241 Å². The highest BCUT2D eigenvalue weighted by Crippen LogP contribution is 2.19. The Bertz CT molecular complexity index is 1130. The van der Waals surface area contributed by atoms with Crippen molar-refractivity contribution >= 4 is 23.3 Å². The number of hydrogen-bond donors (Lipinski definition) is 0. The van der Waals surface area contributed by atoms with Crippen molar-refractivity contribution in [3.8, 4) is 5.75 Å². The number of esters is 2. The minimum absolute atomic E-state index is 0.0509. The standard InChI is InChI=1S/C31H40N2O8/c1-2-3-4-11-14-28(41-31(35)25-17-19-26(20-18-25)32(36)37)15-12-9-7-5-6-8-10-13-16-30(34)40-29-23-21-27(22-24-29)33(38)39/h9,12,17-24,28H,2-8,10-11,13-16H2,1H3/b12-9-/t28-/m1/s1. The van der Waals surface area contributed by atoms with Gasteiger partial charge in [0, 0.05) is 37.1 Å². The molecular formula is C31H40N2O8. The second-order valence-electron chi connectivity index (χ2n) is 9.92. The first-order valence-electron chi connectivity index (χ1n) is 14.4. The zero-order chi connectivity index (χ0) is 29.9. The van der Waals surface area contributed by atoms with Crippen LogP contribution in [0.2, 0.25) is 0 Å². The summed E-state index contributed by atoms with van der Waals surface area (Å²) >= 11 is 0. The van der Waals surface area contributed by atoms with Crippen molar-refractivity contribution in [3.63, 3.8) is 0 Å². The van der Waals surface area contributed by atoms with Crippen LogP contribution in [0.15, 0.2) is 60.7 Å². The van der Waals surface area contributed by atoms with Gasteiger partial charge < -0.3 is 9.47 Å². The molecule has 1 atom stereocenters. The van der Waals surface area contributed by atoms with E-state index in [1.54, 1.807) is 0 Å². The zero-order valence-electron chi connectivity index (χ0n) is 23.7. The highest BCUT2D eigenvalue weighted by Gasteiger charge is 2.16. The molecule has 0 aliphatic heterocycles. The Morgan fingerprint density at radius 2 is 1.37 bits per heavy atom. The van der Waals surface area contributed by atoms with Crippen molar-refractivity contribution in [2.45, 2.75) is 96.5 Å². The van der Waals surface area contributed by atoms with Crippen LogP contribution in [0.3, 0.4) is 0 Å². The number of ether oxygens (including phenoxy) is 2. The summed E-state index contributed by atoms with van der Waals surface area (Å²) in [6, 6.07) is 10.9. The third-order valence-corrected chi connectivity index (χ3v) is 6.56. The Balaban J connectivity index is 1.63. The van der Waals surface area contributed by atoms with Crippen LogP contribution < -0.4 is 4.74 Å². The number of carbonyl (C=O) groups is 2. The molecule has 0 saturated heterocycles. The molecule has 0 amide bonds. The number of nitrogens with zero attached hydrogens (tertiary/aromatic N) is 2. The van der Waals surface area contributed by atoms with Crippen LogP contribution in [-0.4, -0.2) is 27.9 Å². The van der Waals surface area contributed by atoms with Gasteiger partial charge in [0.25, 0.3) is 11.4 Å². The minimum Gasteiger partial charge on any atom is -0.458 e. The van der Waals surface area contributed by atoms with Gasteiger partial charge in [-0.1, -0.05) is 57.6 Å². The number of allylic oxidation sites excluding steroid dienone is 1. The van der Waals surface area contributed by atoms with E-state index in [1.807, 2.05) is 0 Å². The predicted octanol–water partition coefficient (Wildman–Crippen LogP) is 8.28. The number of rotatable bonds is 20. The van der Waals surface area contributed by atoms with Gasteiger partial charge in [0.1, 0.15) is 11.9 Å². The monoisotopic (exact) mass is 568 g/mol. The summed E-state index contributed by atoms with van der Waals surface area (Å²) in [5.74, 6) is -0.512. The van der Waals surface area contributed by atoms with Crippen LogP contribution in [0.5, 0.6) is 5.75 Å². The average molecular weight is 569 g/mol. The summed E-state index contributed by atoms with van der Waals surface area (Å²) < 4.78 is 10.9. The fourth-order valence-electron chi connectivity index (χ4n) is 4.21. The predicted molar refractivity (Wildman–Crippen MR) is 156 cm³/mol. The SMILES string of the molecule is CCCCCC[C@H](C/C=C\CCCCCCCC(=O)Oc1ccc([N+](=O)[O-])cc1)OC(=O)c1ccc([N+](=O)[O-])cc1. The molecule has 10 heteroatoms. The molecule has 0 radical (unpaired) electrons. The van der Waals surface area contributed by atoms with E-state index in [0.29, 0.717) is 24.2 Å². The molecule has 41 heavy (non-hydrogen) atoms. The number of carbonyl (C=O) groups excluding carboxylic acids is 2. The summed E-state index contributed by atoms with van der Waals surface area (Å²) in [6.45, 7) is 2.15. The molecule has 0 spiro atoms. The molecule has 2 rings (SSSR count). The summed E-state index contributed by atoms with van der Waals surface area (Å²) in [5.41, 5.74) is 0.186. The van der Waals surface area contributed by atoms with E-state index in [1.165, 1.54) is 48.5 Å².